The van der Waals surface area contributed by atoms with Crippen molar-refractivity contribution in [1.29, 1.82) is 0 Å². The van der Waals surface area contributed by atoms with Crippen LogP contribution < -0.4 is 0 Å². The first-order chi connectivity index (χ1) is 8.77. The molecule has 0 heterocycles. The van der Waals surface area contributed by atoms with Crippen LogP contribution in [-0.4, -0.2) is 12.6 Å². The third-order valence-electron chi connectivity index (χ3n) is 2.53. The van der Waals surface area contributed by atoms with Gasteiger partial charge < -0.3 is 4.74 Å². The molecule has 2 heteroatoms. The number of esters is 1. The van der Waals surface area contributed by atoms with Crippen LogP contribution in [0.2, 0.25) is 0 Å². The fourth-order valence-electron chi connectivity index (χ4n) is 1.48. The molecule has 0 spiro atoms. The highest BCUT2D eigenvalue weighted by Gasteiger charge is 1.92. The van der Waals surface area contributed by atoms with Crippen molar-refractivity contribution in [3.63, 3.8) is 0 Å². The Bertz CT molecular complexity index is 281. The van der Waals surface area contributed by atoms with E-state index in [-0.39, 0.29) is 5.97 Å². The molecule has 0 amide bonds. The molecule has 102 valence electrons. The van der Waals surface area contributed by atoms with Crippen LogP contribution in [0.4, 0.5) is 0 Å². The second-order valence-electron chi connectivity index (χ2n) is 4.37. The lowest BCUT2D eigenvalue weighted by Crippen LogP contribution is -1.99. The van der Waals surface area contributed by atoms with Crippen LogP contribution in [-0.2, 0) is 9.53 Å². The van der Waals surface area contributed by atoms with Crippen molar-refractivity contribution in [2.24, 2.45) is 0 Å². The molecule has 0 unspecified atom stereocenters. The summed E-state index contributed by atoms with van der Waals surface area (Å²) in [6.45, 7) is 4.20. The topological polar surface area (TPSA) is 26.3 Å². The Labute approximate surface area is 112 Å². The van der Waals surface area contributed by atoms with Crippen LogP contribution in [0.5, 0.6) is 0 Å². The van der Waals surface area contributed by atoms with Gasteiger partial charge in [0.2, 0.25) is 0 Å². The number of allylic oxidation sites excluding steroid dienone is 2. The normalized spacial score (nSPS) is 10.1. The van der Waals surface area contributed by atoms with Crippen molar-refractivity contribution in [2.75, 3.05) is 6.61 Å². The molecule has 0 radical (unpaired) electrons. The van der Waals surface area contributed by atoms with Gasteiger partial charge in [-0.2, -0.15) is 0 Å². The molecular weight excluding hydrogens is 224 g/mol. The van der Waals surface area contributed by atoms with E-state index in [1.54, 1.807) is 0 Å². The fraction of sp³-hybridized carbons (Fsp3) is 0.688. The molecule has 0 aliphatic rings. The minimum atomic E-state index is -0.185. The Morgan fingerprint density at radius 1 is 1.17 bits per heavy atom. The molecular formula is C16H26O2. The SMILES string of the molecule is CCCC/C=C\C#CCCCCCCOC(C)=O. The minimum absolute atomic E-state index is 0.185. The maximum Gasteiger partial charge on any atom is 0.302 e. The lowest BCUT2D eigenvalue weighted by molar-refractivity contribution is -0.141. The standard InChI is InChI=1S/C16H26O2/c1-3-4-5-6-7-8-9-10-11-12-13-14-15-18-16(2)17/h6-7H,3-5,10-15H2,1-2H3/b7-6-. The van der Waals surface area contributed by atoms with Gasteiger partial charge in [-0.15, -0.1) is 0 Å². The van der Waals surface area contributed by atoms with E-state index in [2.05, 4.69) is 24.8 Å². The molecule has 2 nitrogen and oxygen atoms in total. The zero-order chi connectivity index (χ0) is 13.5. The summed E-state index contributed by atoms with van der Waals surface area (Å²) in [5.41, 5.74) is 0. The van der Waals surface area contributed by atoms with E-state index < -0.39 is 0 Å². The Balaban J connectivity index is 3.22. The maximum atomic E-state index is 10.5. The third-order valence-corrected chi connectivity index (χ3v) is 2.53. The number of rotatable bonds is 9. The molecule has 0 saturated carbocycles. The number of hydrogen-bond donors (Lipinski definition) is 0. The van der Waals surface area contributed by atoms with Gasteiger partial charge in [0.05, 0.1) is 6.61 Å². The third kappa shape index (κ3) is 14.8. The van der Waals surface area contributed by atoms with Crippen LogP contribution in [0.15, 0.2) is 12.2 Å². The van der Waals surface area contributed by atoms with E-state index in [0.29, 0.717) is 6.61 Å². The first-order valence-corrected chi connectivity index (χ1v) is 7.04. The summed E-state index contributed by atoms with van der Waals surface area (Å²) in [5.74, 6) is 6.03. The Morgan fingerprint density at radius 3 is 2.67 bits per heavy atom. The van der Waals surface area contributed by atoms with Gasteiger partial charge in [-0.05, 0) is 25.3 Å². The zero-order valence-corrected chi connectivity index (χ0v) is 11.8. The largest absolute Gasteiger partial charge is 0.466 e. The van der Waals surface area contributed by atoms with E-state index in [4.69, 9.17) is 4.74 Å². The van der Waals surface area contributed by atoms with Crippen LogP contribution in [0.25, 0.3) is 0 Å². The lowest BCUT2D eigenvalue weighted by atomic mass is 10.1. The van der Waals surface area contributed by atoms with Gasteiger partial charge in [-0.25, -0.2) is 0 Å². The highest BCUT2D eigenvalue weighted by atomic mass is 16.5. The molecule has 0 bridgehead atoms. The predicted molar refractivity (Wildman–Crippen MR) is 76.2 cm³/mol. The molecule has 0 aliphatic carbocycles. The zero-order valence-electron chi connectivity index (χ0n) is 11.8. The van der Waals surface area contributed by atoms with Gasteiger partial charge in [0, 0.05) is 13.3 Å². The van der Waals surface area contributed by atoms with Gasteiger partial charge in [0.25, 0.3) is 0 Å². The monoisotopic (exact) mass is 250 g/mol. The van der Waals surface area contributed by atoms with E-state index in [0.717, 1.165) is 38.5 Å². The van der Waals surface area contributed by atoms with E-state index in [1.807, 2.05) is 6.08 Å². The summed E-state index contributed by atoms with van der Waals surface area (Å²) in [5, 5.41) is 0. The van der Waals surface area contributed by atoms with Crippen molar-refractivity contribution in [3.8, 4) is 11.8 Å². The first kappa shape index (κ1) is 16.8. The maximum absolute atomic E-state index is 10.5. The summed E-state index contributed by atoms with van der Waals surface area (Å²) in [7, 11) is 0. The Morgan fingerprint density at radius 2 is 1.94 bits per heavy atom. The van der Waals surface area contributed by atoms with Crippen molar-refractivity contribution >= 4 is 5.97 Å². The molecule has 0 rings (SSSR count). The van der Waals surface area contributed by atoms with Crippen LogP contribution in [0.1, 0.15) is 65.2 Å². The average Bonchev–Trinajstić information content (AvgIpc) is 2.34. The summed E-state index contributed by atoms with van der Waals surface area (Å²) >= 11 is 0. The molecule has 18 heavy (non-hydrogen) atoms. The quantitative estimate of drug-likeness (QED) is 0.347. The smallest absolute Gasteiger partial charge is 0.302 e. The molecule has 0 atom stereocenters. The highest BCUT2D eigenvalue weighted by molar-refractivity contribution is 5.65. The second kappa shape index (κ2) is 13.8. The van der Waals surface area contributed by atoms with E-state index >= 15 is 0 Å². The molecule has 0 aromatic carbocycles. The molecule has 0 aromatic heterocycles. The van der Waals surface area contributed by atoms with Crippen molar-refractivity contribution in [2.45, 2.75) is 65.2 Å². The average molecular weight is 250 g/mol. The molecule has 0 fully saturated rings. The van der Waals surface area contributed by atoms with E-state index in [1.165, 1.54) is 19.8 Å². The summed E-state index contributed by atoms with van der Waals surface area (Å²) < 4.78 is 4.86. The Kier molecular flexibility index (Phi) is 12.9. The number of unbranched alkanes of at least 4 members (excludes halogenated alkanes) is 6. The summed E-state index contributed by atoms with van der Waals surface area (Å²) in [4.78, 5) is 10.5. The highest BCUT2D eigenvalue weighted by Crippen LogP contribution is 2.02. The fourth-order valence-corrected chi connectivity index (χ4v) is 1.48. The van der Waals surface area contributed by atoms with Crippen molar-refractivity contribution in [3.05, 3.63) is 12.2 Å². The van der Waals surface area contributed by atoms with Gasteiger partial charge in [-0.1, -0.05) is 50.5 Å². The lowest BCUT2D eigenvalue weighted by Gasteiger charge is -2.00. The van der Waals surface area contributed by atoms with Crippen molar-refractivity contribution < 1.29 is 9.53 Å². The summed E-state index contributed by atoms with van der Waals surface area (Å²) in [6.07, 6.45) is 13.1. The molecule has 0 aliphatic heterocycles. The number of ether oxygens (including phenoxy) is 1. The number of carbonyl (C=O) groups is 1. The second-order valence-corrected chi connectivity index (χ2v) is 4.37. The van der Waals surface area contributed by atoms with Crippen LogP contribution in [0, 0.1) is 11.8 Å². The molecule has 0 aromatic rings. The Hall–Kier alpha value is -1.23. The molecule has 0 N–H and O–H groups in total. The number of carbonyl (C=O) groups excluding carboxylic acids is 1. The van der Waals surface area contributed by atoms with Crippen LogP contribution in [0.3, 0.4) is 0 Å². The van der Waals surface area contributed by atoms with Gasteiger partial charge in [-0.3, -0.25) is 4.79 Å². The summed E-state index contributed by atoms with van der Waals surface area (Å²) in [6, 6.07) is 0. The predicted octanol–water partition coefficient (Wildman–Crippen LogP) is 4.25. The van der Waals surface area contributed by atoms with Crippen LogP contribution >= 0.6 is 0 Å². The van der Waals surface area contributed by atoms with Crippen molar-refractivity contribution in [1.82, 2.24) is 0 Å². The van der Waals surface area contributed by atoms with E-state index in [9.17, 15) is 4.79 Å². The van der Waals surface area contributed by atoms with Gasteiger partial charge in [0.1, 0.15) is 0 Å². The molecule has 0 saturated heterocycles. The number of hydrogen-bond acceptors (Lipinski definition) is 2. The van der Waals surface area contributed by atoms with Gasteiger partial charge >= 0.3 is 5.97 Å². The first-order valence-electron chi connectivity index (χ1n) is 7.04. The van der Waals surface area contributed by atoms with Gasteiger partial charge in [0.15, 0.2) is 0 Å². The minimum Gasteiger partial charge on any atom is -0.466 e.